The second kappa shape index (κ2) is 5.97. The molecule has 0 fully saturated rings. The molecule has 7 heteroatoms. The van der Waals surface area contributed by atoms with Crippen molar-refractivity contribution in [3.63, 3.8) is 0 Å². The van der Waals surface area contributed by atoms with Crippen LogP contribution in [0.5, 0.6) is 0 Å². The molecule has 0 unspecified atom stereocenters. The first-order chi connectivity index (χ1) is 9.73. The number of halogens is 3. The summed E-state index contributed by atoms with van der Waals surface area (Å²) in [5.74, 6) is -0.214. The normalized spacial score (nSPS) is 12.1. The van der Waals surface area contributed by atoms with Gasteiger partial charge in [-0.15, -0.1) is 0 Å². The predicted octanol–water partition coefficient (Wildman–Crippen LogP) is 4.02. The van der Waals surface area contributed by atoms with Crippen LogP contribution in [0, 0.1) is 0 Å². The zero-order valence-corrected chi connectivity index (χ0v) is 13.5. The predicted molar refractivity (Wildman–Crippen MR) is 83.8 cm³/mol. The molecule has 0 aliphatic heterocycles. The van der Waals surface area contributed by atoms with Gasteiger partial charge in [-0.1, -0.05) is 65.1 Å². The van der Waals surface area contributed by atoms with Crippen molar-refractivity contribution < 1.29 is 13.2 Å². The fourth-order valence-electron chi connectivity index (χ4n) is 1.68. The molecule has 0 aliphatic carbocycles. The average Bonchev–Trinajstić information content (AvgIpc) is 2.46. The molecular formula is C14H9Cl3O3S. The third-order valence-electron chi connectivity index (χ3n) is 2.77. The third-order valence-corrected chi connectivity index (χ3v) is 6.10. The zero-order chi connectivity index (χ0) is 15.7. The Morgan fingerprint density at radius 1 is 0.810 bits per heavy atom. The van der Waals surface area contributed by atoms with E-state index < -0.39 is 13.0 Å². The van der Waals surface area contributed by atoms with Crippen LogP contribution >= 0.6 is 34.8 Å². The van der Waals surface area contributed by atoms with E-state index in [0.29, 0.717) is 11.1 Å². The van der Waals surface area contributed by atoms with Crippen LogP contribution in [0.25, 0.3) is 0 Å². The Labute approximate surface area is 137 Å². The molecule has 0 N–H and O–H groups in total. The number of carbonyl (C=O) groups excluding carboxylic acids is 1. The number of benzene rings is 2. The average molecular weight is 364 g/mol. The lowest BCUT2D eigenvalue weighted by molar-refractivity contribution is 0.103. The van der Waals surface area contributed by atoms with Gasteiger partial charge in [0.05, 0.1) is 4.90 Å². The largest absolute Gasteiger partial charge is 0.296 e. The van der Waals surface area contributed by atoms with Gasteiger partial charge in [-0.05, 0) is 24.3 Å². The molecule has 0 amide bonds. The molecule has 0 aromatic heterocycles. The van der Waals surface area contributed by atoms with Crippen molar-refractivity contribution in [3.8, 4) is 0 Å². The molecule has 21 heavy (non-hydrogen) atoms. The number of ketones is 1. The first-order valence-corrected chi connectivity index (χ1v) is 8.36. The van der Waals surface area contributed by atoms with E-state index in [9.17, 15) is 13.2 Å². The van der Waals surface area contributed by atoms with E-state index >= 15 is 0 Å². The summed E-state index contributed by atoms with van der Waals surface area (Å²) in [4.78, 5) is 12.0. The SMILES string of the molecule is O=C(c1ccccc1)c1ccc(S(=O)(=O)C(Cl)(Cl)Cl)cc1. The van der Waals surface area contributed by atoms with Crippen molar-refractivity contribution in [2.75, 3.05) is 0 Å². The summed E-state index contributed by atoms with van der Waals surface area (Å²) in [6.45, 7) is 0. The Hall–Kier alpha value is -1.07. The molecule has 0 saturated carbocycles. The van der Waals surface area contributed by atoms with Gasteiger partial charge in [0.25, 0.3) is 3.12 Å². The van der Waals surface area contributed by atoms with Gasteiger partial charge < -0.3 is 0 Å². The monoisotopic (exact) mass is 362 g/mol. The summed E-state index contributed by atoms with van der Waals surface area (Å²) in [7, 11) is -4.10. The van der Waals surface area contributed by atoms with E-state index in [4.69, 9.17) is 34.8 Å². The van der Waals surface area contributed by atoms with Gasteiger partial charge in [0.2, 0.25) is 9.84 Å². The molecule has 3 nitrogen and oxygen atoms in total. The molecule has 2 aromatic carbocycles. The maximum Gasteiger partial charge on any atom is 0.296 e. The maximum absolute atomic E-state index is 12.2. The lowest BCUT2D eigenvalue weighted by Gasteiger charge is -2.12. The molecule has 0 saturated heterocycles. The summed E-state index contributed by atoms with van der Waals surface area (Å²) in [6.07, 6.45) is 0. The molecule has 0 bridgehead atoms. The summed E-state index contributed by atoms with van der Waals surface area (Å²) < 4.78 is 21.4. The van der Waals surface area contributed by atoms with Crippen LogP contribution in [0.2, 0.25) is 0 Å². The number of hydrogen-bond donors (Lipinski definition) is 0. The van der Waals surface area contributed by atoms with E-state index in [1.165, 1.54) is 24.3 Å². The Morgan fingerprint density at radius 2 is 1.29 bits per heavy atom. The molecule has 0 radical (unpaired) electrons. The van der Waals surface area contributed by atoms with Gasteiger partial charge >= 0.3 is 0 Å². The smallest absolute Gasteiger partial charge is 0.289 e. The standard InChI is InChI=1S/C14H9Cl3O3S/c15-14(16,17)21(19,20)12-8-6-11(7-9-12)13(18)10-4-2-1-3-5-10/h1-9H. The third kappa shape index (κ3) is 3.40. The fraction of sp³-hybridized carbons (Fsp3) is 0.0714. The Balaban J connectivity index is 2.35. The highest BCUT2D eigenvalue weighted by atomic mass is 35.6. The molecular weight excluding hydrogens is 355 g/mol. The van der Waals surface area contributed by atoms with Gasteiger partial charge in [0.1, 0.15) is 0 Å². The zero-order valence-electron chi connectivity index (χ0n) is 10.5. The van der Waals surface area contributed by atoms with Crippen LogP contribution in [-0.4, -0.2) is 17.3 Å². The van der Waals surface area contributed by atoms with Crippen molar-refractivity contribution in [1.82, 2.24) is 0 Å². The molecule has 2 rings (SSSR count). The van der Waals surface area contributed by atoms with Gasteiger partial charge in [-0.2, -0.15) is 0 Å². The number of rotatable bonds is 3. The fourth-order valence-corrected chi connectivity index (χ4v) is 3.24. The Bertz CT molecular complexity index is 748. The highest BCUT2D eigenvalue weighted by Gasteiger charge is 2.39. The van der Waals surface area contributed by atoms with Crippen LogP contribution in [0.15, 0.2) is 59.5 Å². The van der Waals surface area contributed by atoms with Crippen molar-refractivity contribution in [2.45, 2.75) is 8.02 Å². The maximum atomic E-state index is 12.2. The summed E-state index contributed by atoms with van der Waals surface area (Å²) in [6, 6.07) is 13.9. The molecule has 0 aliphatic rings. The number of sulfone groups is 1. The minimum Gasteiger partial charge on any atom is -0.289 e. The minimum atomic E-state index is -4.10. The van der Waals surface area contributed by atoms with Gasteiger partial charge in [0, 0.05) is 11.1 Å². The number of hydrogen-bond acceptors (Lipinski definition) is 3. The lowest BCUT2D eigenvalue weighted by Crippen LogP contribution is -2.19. The number of carbonyl (C=O) groups is 1. The van der Waals surface area contributed by atoms with Crippen LogP contribution in [0.4, 0.5) is 0 Å². The van der Waals surface area contributed by atoms with E-state index in [2.05, 4.69) is 0 Å². The number of alkyl halides is 3. The van der Waals surface area contributed by atoms with Crippen molar-refractivity contribution in [3.05, 3.63) is 65.7 Å². The summed E-state index contributed by atoms with van der Waals surface area (Å²) in [5, 5.41) is 0. The lowest BCUT2D eigenvalue weighted by atomic mass is 10.0. The van der Waals surface area contributed by atoms with E-state index in [1.807, 2.05) is 0 Å². The summed E-state index contributed by atoms with van der Waals surface area (Å²) >= 11 is 16.3. The Morgan fingerprint density at radius 3 is 1.76 bits per heavy atom. The van der Waals surface area contributed by atoms with E-state index in [0.717, 1.165) is 0 Å². The molecule has 2 aromatic rings. The van der Waals surface area contributed by atoms with Crippen molar-refractivity contribution in [2.24, 2.45) is 0 Å². The van der Waals surface area contributed by atoms with Gasteiger partial charge in [0.15, 0.2) is 5.78 Å². The van der Waals surface area contributed by atoms with Crippen molar-refractivity contribution >= 4 is 50.4 Å². The van der Waals surface area contributed by atoms with Crippen LogP contribution in [0.3, 0.4) is 0 Å². The quantitative estimate of drug-likeness (QED) is 0.611. The van der Waals surface area contributed by atoms with Gasteiger partial charge in [-0.3, -0.25) is 4.79 Å². The van der Waals surface area contributed by atoms with E-state index in [1.54, 1.807) is 30.3 Å². The first kappa shape index (κ1) is 16.3. The van der Waals surface area contributed by atoms with Crippen LogP contribution in [-0.2, 0) is 9.84 Å². The molecule has 0 atom stereocenters. The van der Waals surface area contributed by atoms with Gasteiger partial charge in [-0.25, -0.2) is 8.42 Å². The highest BCUT2D eigenvalue weighted by Crippen LogP contribution is 2.37. The molecule has 110 valence electrons. The highest BCUT2D eigenvalue weighted by molar-refractivity contribution is 7.97. The molecule has 0 heterocycles. The molecule has 0 spiro atoms. The van der Waals surface area contributed by atoms with E-state index in [-0.39, 0.29) is 10.7 Å². The summed E-state index contributed by atoms with van der Waals surface area (Å²) in [5.41, 5.74) is 0.860. The second-order valence-corrected chi connectivity index (χ2v) is 9.21. The van der Waals surface area contributed by atoms with Crippen LogP contribution in [0.1, 0.15) is 15.9 Å². The van der Waals surface area contributed by atoms with Crippen LogP contribution < -0.4 is 0 Å². The minimum absolute atomic E-state index is 0.160. The topological polar surface area (TPSA) is 51.2 Å². The first-order valence-electron chi connectivity index (χ1n) is 5.74. The Kier molecular flexibility index (Phi) is 4.63. The van der Waals surface area contributed by atoms with Crippen molar-refractivity contribution in [1.29, 1.82) is 0 Å². The second-order valence-electron chi connectivity index (χ2n) is 4.17.